The second-order valence-electron chi connectivity index (χ2n) is 7.10. The van der Waals surface area contributed by atoms with Crippen molar-refractivity contribution >= 4 is 10.9 Å². The van der Waals surface area contributed by atoms with Crippen LogP contribution in [-0.2, 0) is 0 Å². The molecule has 24 heavy (non-hydrogen) atoms. The number of aliphatic hydroxyl groups is 1. The van der Waals surface area contributed by atoms with Crippen molar-refractivity contribution in [2.45, 2.75) is 49.9 Å². The fourth-order valence-electron chi connectivity index (χ4n) is 4.45. The molecule has 0 spiro atoms. The monoisotopic (exact) mass is 327 g/mol. The van der Waals surface area contributed by atoms with Gasteiger partial charge in [-0.25, -0.2) is 4.98 Å². The molecule has 3 atom stereocenters. The molecule has 2 aliphatic heterocycles. The van der Waals surface area contributed by atoms with Crippen LogP contribution in [-0.4, -0.2) is 46.8 Å². The molecule has 3 unspecified atom stereocenters. The zero-order valence-corrected chi connectivity index (χ0v) is 14.1. The predicted octanol–water partition coefficient (Wildman–Crippen LogP) is 2.23. The molecule has 3 heterocycles. The molecule has 0 amide bonds. The summed E-state index contributed by atoms with van der Waals surface area (Å²) in [7, 11) is 1.61. The lowest BCUT2D eigenvalue weighted by molar-refractivity contribution is 0.0571. The summed E-state index contributed by atoms with van der Waals surface area (Å²) >= 11 is 0. The minimum Gasteiger partial charge on any atom is -0.481 e. The highest BCUT2D eigenvalue weighted by atomic mass is 16.5. The first-order valence-electron chi connectivity index (χ1n) is 8.78. The van der Waals surface area contributed by atoms with Crippen molar-refractivity contribution in [2.24, 2.45) is 5.73 Å². The van der Waals surface area contributed by atoms with E-state index in [1.165, 1.54) is 12.8 Å². The summed E-state index contributed by atoms with van der Waals surface area (Å²) in [6.45, 7) is 0.653. The van der Waals surface area contributed by atoms with Crippen LogP contribution >= 0.6 is 0 Å². The lowest BCUT2D eigenvalue weighted by Crippen LogP contribution is -2.48. The van der Waals surface area contributed by atoms with Gasteiger partial charge < -0.3 is 15.6 Å². The van der Waals surface area contributed by atoms with Gasteiger partial charge in [-0.2, -0.15) is 0 Å². The van der Waals surface area contributed by atoms with E-state index in [4.69, 9.17) is 10.5 Å². The Hall–Kier alpha value is -1.69. The standard InChI is InChI=1S/C19H25N3O2/c1-24-18-8-5-12-3-2-4-16(19(12)21-18)17(23)11-22-14-6-7-15(22)10-13(20)9-14/h2-5,8,13-15,17,23H,6-7,9-11,20H2,1H3. The molecular weight excluding hydrogens is 302 g/mol. The van der Waals surface area contributed by atoms with E-state index in [2.05, 4.69) is 9.88 Å². The number of rotatable bonds is 4. The maximum Gasteiger partial charge on any atom is 0.213 e. The van der Waals surface area contributed by atoms with Crippen LogP contribution in [0.5, 0.6) is 5.88 Å². The second kappa shape index (κ2) is 6.31. The summed E-state index contributed by atoms with van der Waals surface area (Å²) < 4.78 is 5.25. The van der Waals surface area contributed by atoms with Crippen molar-refractivity contribution in [3.8, 4) is 5.88 Å². The van der Waals surface area contributed by atoms with E-state index in [0.29, 0.717) is 30.6 Å². The number of benzene rings is 1. The van der Waals surface area contributed by atoms with Gasteiger partial charge in [0, 0.05) is 41.7 Å². The van der Waals surface area contributed by atoms with E-state index in [-0.39, 0.29) is 0 Å². The molecule has 2 bridgehead atoms. The number of methoxy groups -OCH3 is 1. The number of aliphatic hydroxyl groups excluding tert-OH is 1. The van der Waals surface area contributed by atoms with Gasteiger partial charge in [-0.15, -0.1) is 0 Å². The van der Waals surface area contributed by atoms with Crippen LogP contribution in [0.3, 0.4) is 0 Å². The van der Waals surface area contributed by atoms with Crippen LogP contribution in [0.2, 0.25) is 0 Å². The lowest BCUT2D eigenvalue weighted by Gasteiger charge is -2.38. The van der Waals surface area contributed by atoms with E-state index < -0.39 is 6.10 Å². The van der Waals surface area contributed by atoms with Gasteiger partial charge in [0.15, 0.2) is 0 Å². The van der Waals surface area contributed by atoms with Gasteiger partial charge in [0.2, 0.25) is 5.88 Å². The summed E-state index contributed by atoms with van der Waals surface area (Å²) in [4.78, 5) is 7.02. The molecular formula is C19H25N3O2. The molecule has 1 aromatic heterocycles. The Labute approximate surface area is 142 Å². The fraction of sp³-hybridized carbons (Fsp3) is 0.526. The van der Waals surface area contributed by atoms with Crippen LogP contribution in [0.1, 0.15) is 37.4 Å². The Morgan fingerprint density at radius 3 is 2.71 bits per heavy atom. The Balaban J connectivity index is 1.61. The minimum atomic E-state index is -0.550. The highest BCUT2D eigenvalue weighted by molar-refractivity contribution is 5.82. The lowest BCUT2D eigenvalue weighted by atomic mass is 9.96. The largest absolute Gasteiger partial charge is 0.481 e. The highest BCUT2D eigenvalue weighted by Crippen LogP contribution is 2.37. The number of nitrogens with zero attached hydrogens (tertiary/aromatic N) is 2. The van der Waals surface area contributed by atoms with Crippen molar-refractivity contribution < 1.29 is 9.84 Å². The quantitative estimate of drug-likeness (QED) is 0.901. The molecule has 2 aliphatic rings. The van der Waals surface area contributed by atoms with Crippen LogP contribution in [0.25, 0.3) is 10.9 Å². The van der Waals surface area contributed by atoms with Crippen LogP contribution in [0.4, 0.5) is 0 Å². The molecule has 1 aromatic carbocycles. The van der Waals surface area contributed by atoms with Crippen molar-refractivity contribution in [3.05, 3.63) is 35.9 Å². The van der Waals surface area contributed by atoms with Crippen molar-refractivity contribution in [1.29, 1.82) is 0 Å². The molecule has 0 aliphatic carbocycles. The number of para-hydroxylation sites is 1. The van der Waals surface area contributed by atoms with Gasteiger partial charge in [-0.1, -0.05) is 18.2 Å². The normalized spacial score (nSPS) is 28.2. The van der Waals surface area contributed by atoms with E-state index >= 15 is 0 Å². The zero-order chi connectivity index (χ0) is 16.7. The molecule has 128 valence electrons. The van der Waals surface area contributed by atoms with E-state index in [1.807, 2.05) is 30.3 Å². The van der Waals surface area contributed by atoms with Gasteiger partial charge in [-0.05, 0) is 31.7 Å². The molecule has 5 nitrogen and oxygen atoms in total. The summed E-state index contributed by atoms with van der Waals surface area (Å²) in [5, 5.41) is 11.9. The smallest absolute Gasteiger partial charge is 0.213 e. The predicted molar refractivity (Wildman–Crippen MR) is 94.0 cm³/mol. The number of nitrogens with two attached hydrogens (primary N) is 1. The van der Waals surface area contributed by atoms with E-state index in [9.17, 15) is 5.11 Å². The van der Waals surface area contributed by atoms with Crippen LogP contribution < -0.4 is 10.5 Å². The SMILES string of the molecule is COc1ccc2cccc(C(O)CN3C4CCC3CC(N)C4)c2n1. The number of aromatic nitrogens is 1. The molecule has 0 saturated carbocycles. The highest BCUT2D eigenvalue weighted by Gasteiger charge is 2.40. The molecule has 0 radical (unpaired) electrons. The number of ether oxygens (including phenoxy) is 1. The number of hydrogen-bond acceptors (Lipinski definition) is 5. The number of pyridine rings is 1. The number of piperidine rings is 1. The van der Waals surface area contributed by atoms with Crippen LogP contribution in [0.15, 0.2) is 30.3 Å². The van der Waals surface area contributed by atoms with Gasteiger partial charge in [0.05, 0.1) is 18.7 Å². The third-order valence-corrected chi connectivity index (χ3v) is 5.60. The summed E-state index contributed by atoms with van der Waals surface area (Å²) in [5.41, 5.74) is 7.85. The van der Waals surface area contributed by atoms with Gasteiger partial charge >= 0.3 is 0 Å². The maximum atomic E-state index is 10.9. The molecule has 2 saturated heterocycles. The van der Waals surface area contributed by atoms with Crippen molar-refractivity contribution in [1.82, 2.24) is 9.88 Å². The summed E-state index contributed by atoms with van der Waals surface area (Å²) in [6, 6.07) is 11.2. The molecule has 2 aromatic rings. The van der Waals surface area contributed by atoms with Crippen LogP contribution in [0, 0.1) is 0 Å². The Kier molecular flexibility index (Phi) is 4.16. The molecule has 5 heteroatoms. The fourth-order valence-corrected chi connectivity index (χ4v) is 4.45. The van der Waals surface area contributed by atoms with Gasteiger partial charge in [0.25, 0.3) is 0 Å². The zero-order valence-electron chi connectivity index (χ0n) is 14.1. The first kappa shape index (κ1) is 15.8. The number of fused-ring (bicyclic) bond motifs is 3. The third-order valence-electron chi connectivity index (χ3n) is 5.60. The van der Waals surface area contributed by atoms with Crippen molar-refractivity contribution in [2.75, 3.05) is 13.7 Å². The summed E-state index contributed by atoms with van der Waals surface area (Å²) in [6.07, 6.45) is 3.94. The molecule has 3 N–H and O–H groups in total. The topological polar surface area (TPSA) is 71.6 Å². The van der Waals surface area contributed by atoms with Gasteiger partial charge in [0.1, 0.15) is 0 Å². The van der Waals surface area contributed by atoms with E-state index in [1.54, 1.807) is 7.11 Å². The third kappa shape index (κ3) is 2.77. The molecule has 2 fully saturated rings. The van der Waals surface area contributed by atoms with Crippen molar-refractivity contribution in [3.63, 3.8) is 0 Å². The minimum absolute atomic E-state index is 0.319. The average Bonchev–Trinajstić information content (AvgIpc) is 2.83. The Morgan fingerprint density at radius 2 is 2.00 bits per heavy atom. The van der Waals surface area contributed by atoms with E-state index in [0.717, 1.165) is 29.3 Å². The first-order chi connectivity index (χ1) is 11.7. The summed E-state index contributed by atoms with van der Waals surface area (Å²) in [5.74, 6) is 0.575. The second-order valence-corrected chi connectivity index (χ2v) is 7.10. The average molecular weight is 327 g/mol. The maximum absolute atomic E-state index is 10.9. The Bertz CT molecular complexity index is 722. The first-order valence-corrected chi connectivity index (χ1v) is 8.78. The Morgan fingerprint density at radius 1 is 1.25 bits per heavy atom. The van der Waals surface area contributed by atoms with Gasteiger partial charge in [-0.3, -0.25) is 4.90 Å². The number of hydrogen-bond donors (Lipinski definition) is 2. The molecule has 4 rings (SSSR count).